The van der Waals surface area contributed by atoms with Crippen LogP contribution in [-0.2, 0) is 10.2 Å². The number of nitrogens with one attached hydrogen (secondary N) is 2. The van der Waals surface area contributed by atoms with Crippen LogP contribution in [0.25, 0.3) is 11.0 Å². The minimum Gasteiger partial charge on any atom is -0.464 e. The lowest BCUT2D eigenvalue weighted by atomic mass is 9.64. The van der Waals surface area contributed by atoms with E-state index in [1.165, 1.54) is 18.5 Å². The third kappa shape index (κ3) is 3.58. The second kappa shape index (κ2) is 8.07. The highest BCUT2D eigenvalue weighted by molar-refractivity contribution is 5.90. The number of rotatable bonds is 4. The van der Waals surface area contributed by atoms with Gasteiger partial charge in [-0.05, 0) is 37.3 Å². The maximum absolute atomic E-state index is 15.0. The van der Waals surface area contributed by atoms with Gasteiger partial charge in [0.25, 0.3) is 6.02 Å². The highest BCUT2D eigenvalue weighted by Gasteiger charge is 2.60. The van der Waals surface area contributed by atoms with Gasteiger partial charge < -0.3 is 19.8 Å². The number of hydrogen-bond acceptors (Lipinski definition) is 5. The van der Waals surface area contributed by atoms with E-state index in [-0.39, 0.29) is 52.3 Å². The van der Waals surface area contributed by atoms with Crippen molar-refractivity contribution in [1.29, 1.82) is 0 Å². The van der Waals surface area contributed by atoms with E-state index < -0.39 is 29.0 Å². The molecule has 2 saturated carbocycles. The van der Waals surface area contributed by atoms with Gasteiger partial charge in [-0.25, -0.2) is 18.8 Å². The normalized spacial score (nSPS) is 20.3. The summed E-state index contributed by atoms with van der Waals surface area (Å²) in [6.45, 7) is 1.10. The van der Waals surface area contributed by atoms with Gasteiger partial charge in [0, 0.05) is 35.6 Å². The molecule has 1 aromatic carbocycles. The minimum atomic E-state index is -4.49. The van der Waals surface area contributed by atoms with E-state index in [0.29, 0.717) is 19.6 Å². The second-order valence-electron chi connectivity index (χ2n) is 9.93. The van der Waals surface area contributed by atoms with Crippen LogP contribution in [0, 0.1) is 17.0 Å². The number of hydrogen-bond donors (Lipinski definition) is 2. The third-order valence-electron chi connectivity index (χ3n) is 7.75. The van der Waals surface area contributed by atoms with Crippen LogP contribution in [-0.4, -0.2) is 35.3 Å². The van der Waals surface area contributed by atoms with Gasteiger partial charge in [0.1, 0.15) is 11.4 Å². The molecule has 2 N–H and O–H groups in total. The number of aromatic amines is 1. The summed E-state index contributed by atoms with van der Waals surface area (Å²) >= 11 is 0. The molecule has 0 amide bonds. The lowest BCUT2D eigenvalue weighted by Crippen LogP contribution is -2.47. The van der Waals surface area contributed by atoms with Crippen molar-refractivity contribution in [3.8, 4) is 11.5 Å². The average molecular weight is 506 g/mol. The predicted octanol–water partition coefficient (Wildman–Crippen LogP) is 6.59. The molecule has 2 aliphatic carbocycles. The Bertz CT molecular complexity index is 1340. The molecule has 190 valence electrons. The molecule has 36 heavy (non-hydrogen) atoms. The summed E-state index contributed by atoms with van der Waals surface area (Å²) in [6, 6.07) is 3.54. The maximum atomic E-state index is 15.0. The van der Waals surface area contributed by atoms with Crippen molar-refractivity contribution >= 4 is 22.7 Å². The van der Waals surface area contributed by atoms with Crippen LogP contribution < -0.4 is 10.1 Å². The largest absolute Gasteiger partial charge is 0.464 e. The molecule has 11 heteroatoms. The van der Waals surface area contributed by atoms with Crippen molar-refractivity contribution in [1.82, 2.24) is 9.97 Å². The molecule has 0 bridgehead atoms. The molecule has 6 rings (SSSR count). The summed E-state index contributed by atoms with van der Waals surface area (Å²) in [4.78, 5) is 11.2. The Morgan fingerprint density at radius 1 is 1.06 bits per heavy atom. The van der Waals surface area contributed by atoms with E-state index in [1.54, 1.807) is 0 Å². The monoisotopic (exact) mass is 506 g/mol. The Morgan fingerprint density at radius 3 is 2.33 bits per heavy atom. The first-order valence-corrected chi connectivity index (χ1v) is 11.8. The van der Waals surface area contributed by atoms with Crippen molar-refractivity contribution in [2.24, 2.45) is 10.4 Å². The Hall–Kier alpha value is -3.37. The molecule has 1 aliphatic heterocycles. The SMILES string of the molecule is Fc1cc(NC2=NCC3(CCC3)CO2)cc(F)c1Oc1ccnc2[nH]cc(C3(C(F)(F)F)CCC3)c12. The van der Waals surface area contributed by atoms with Gasteiger partial charge in [0.2, 0.25) is 0 Å². The van der Waals surface area contributed by atoms with Gasteiger partial charge >= 0.3 is 6.18 Å². The van der Waals surface area contributed by atoms with Crippen molar-refractivity contribution in [3.63, 3.8) is 0 Å². The third-order valence-corrected chi connectivity index (χ3v) is 7.75. The summed E-state index contributed by atoms with van der Waals surface area (Å²) in [6.07, 6.45) is 1.60. The van der Waals surface area contributed by atoms with E-state index in [4.69, 9.17) is 9.47 Å². The van der Waals surface area contributed by atoms with E-state index >= 15 is 0 Å². The number of fused-ring (bicyclic) bond motifs is 1. The van der Waals surface area contributed by atoms with Crippen LogP contribution in [0.5, 0.6) is 11.5 Å². The summed E-state index contributed by atoms with van der Waals surface area (Å²) in [5.41, 5.74) is -1.77. The number of pyridine rings is 1. The van der Waals surface area contributed by atoms with Crippen molar-refractivity contribution in [2.45, 2.75) is 50.1 Å². The first-order chi connectivity index (χ1) is 17.2. The zero-order chi connectivity index (χ0) is 25.1. The number of aliphatic imine (C=N–C) groups is 1. The lowest BCUT2D eigenvalue weighted by molar-refractivity contribution is -0.212. The molecule has 3 aliphatic rings. The van der Waals surface area contributed by atoms with Crippen LogP contribution in [0.4, 0.5) is 27.6 Å². The summed E-state index contributed by atoms with van der Waals surface area (Å²) in [5, 5.41) is 2.84. The lowest BCUT2D eigenvalue weighted by Gasteiger charge is -2.43. The average Bonchev–Trinajstić information content (AvgIpc) is 3.19. The minimum absolute atomic E-state index is 0.0323. The van der Waals surface area contributed by atoms with Gasteiger partial charge in [-0.2, -0.15) is 13.2 Å². The molecule has 6 nitrogen and oxygen atoms in total. The van der Waals surface area contributed by atoms with Gasteiger partial charge in [-0.3, -0.25) is 0 Å². The number of H-pyrrole nitrogens is 1. The first-order valence-electron chi connectivity index (χ1n) is 11.8. The number of ether oxygens (including phenoxy) is 2. The van der Waals surface area contributed by atoms with E-state index in [0.717, 1.165) is 31.4 Å². The second-order valence-corrected chi connectivity index (χ2v) is 9.93. The Kier molecular flexibility index (Phi) is 5.17. The van der Waals surface area contributed by atoms with E-state index in [9.17, 15) is 22.0 Å². The highest BCUT2D eigenvalue weighted by atomic mass is 19.4. The van der Waals surface area contributed by atoms with Gasteiger partial charge in [0.05, 0.1) is 24.0 Å². The standard InChI is InChI=1S/C25H23F5N4O2/c26-16-9-14(34-22-33-12-23(13-35-22)4-1-5-23)10-17(27)20(16)36-18-3-8-31-21-19(18)15(11-32-21)24(6-2-7-24)25(28,29)30/h3,8-11H,1-2,4-7,12-13H2,(H,31,32)(H,33,34). The zero-order valence-electron chi connectivity index (χ0n) is 19.1. The molecule has 3 aromatic rings. The molecule has 0 saturated heterocycles. The predicted molar refractivity (Wildman–Crippen MR) is 122 cm³/mol. The number of nitrogens with zero attached hydrogens (tertiary/aromatic N) is 2. The number of alkyl halides is 3. The number of amidine groups is 1. The van der Waals surface area contributed by atoms with Crippen LogP contribution in [0.1, 0.15) is 44.1 Å². The van der Waals surface area contributed by atoms with Crippen LogP contribution in [0.3, 0.4) is 0 Å². The maximum Gasteiger partial charge on any atom is 0.398 e. The summed E-state index contributed by atoms with van der Waals surface area (Å²) < 4.78 is 83.2. The molecule has 1 spiro atoms. The smallest absolute Gasteiger partial charge is 0.398 e. The summed E-state index contributed by atoms with van der Waals surface area (Å²) in [5.74, 6) is -2.90. The Balaban J connectivity index is 1.29. The van der Waals surface area contributed by atoms with Crippen molar-refractivity contribution < 1.29 is 31.4 Å². The van der Waals surface area contributed by atoms with Crippen LogP contribution in [0.2, 0.25) is 0 Å². The Labute approximate surface area is 202 Å². The Morgan fingerprint density at radius 2 is 1.78 bits per heavy atom. The molecule has 3 heterocycles. The number of anilines is 1. The highest BCUT2D eigenvalue weighted by Crippen LogP contribution is 2.57. The molecule has 2 fully saturated rings. The number of aromatic nitrogens is 2. The van der Waals surface area contributed by atoms with E-state index in [2.05, 4.69) is 20.3 Å². The van der Waals surface area contributed by atoms with Gasteiger partial charge in [0.15, 0.2) is 17.4 Å². The molecule has 0 radical (unpaired) electrons. The molecule has 2 aromatic heterocycles. The first kappa shape index (κ1) is 23.1. The number of halogens is 5. The quantitative estimate of drug-likeness (QED) is 0.392. The zero-order valence-corrected chi connectivity index (χ0v) is 19.1. The van der Waals surface area contributed by atoms with Crippen molar-refractivity contribution in [3.05, 3.63) is 47.8 Å². The van der Waals surface area contributed by atoms with Crippen LogP contribution in [0.15, 0.2) is 35.6 Å². The fourth-order valence-electron chi connectivity index (χ4n) is 5.29. The van der Waals surface area contributed by atoms with E-state index in [1.807, 2.05) is 0 Å². The molecular formula is C25H23F5N4O2. The fourth-order valence-corrected chi connectivity index (χ4v) is 5.29. The van der Waals surface area contributed by atoms with Crippen molar-refractivity contribution in [2.75, 3.05) is 18.5 Å². The summed E-state index contributed by atoms with van der Waals surface area (Å²) in [7, 11) is 0. The molecule has 0 unspecified atom stereocenters. The van der Waals surface area contributed by atoms with Gasteiger partial charge in [-0.15, -0.1) is 0 Å². The molecular weight excluding hydrogens is 483 g/mol. The van der Waals surface area contributed by atoms with Crippen LogP contribution >= 0.6 is 0 Å². The fraction of sp³-hybridized carbons (Fsp3) is 0.440. The number of benzene rings is 1. The molecule has 0 atom stereocenters. The topological polar surface area (TPSA) is 71.5 Å². The van der Waals surface area contributed by atoms with Gasteiger partial charge in [-0.1, -0.05) is 12.8 Å².